The van der Waals surface area contributed by atoms with E-state index in [2.05, 4.69) is 38.1 Å². The molecule has 3 nitrogen and oxygen atoms in total. The zero-order valence-corrected chi connectivity index (χ0v) is 12.9. The second kappa shape index (κ2) is 7.89. The summed E-state index contributed by atoms with van der Waals surface area (Å²) in [7, 11) is -3.36. The van der Waals surface area contributed by atoms with Crippen LogP contribution in [0.3, 0.4) is 0 Å². The summed E-state index contributed by atoms with van der Waals surface area (Å²) in [5.41, 5.74) is 0. The highest BCUT2D eigenvalue weighted by Crippen LogP contribution is 1.94. The first-order valence-corrected chi connectivity index (χ1v) is 12.2. The lowest BCUT2D eigenvalue weighted by Crippen LogP contribution is -2.45. The van der Waals surface area contributed by atoms with Gasteiger partial charge in [-0.1, -0.05) is 6.92 Å². The molecular weight excluding hydrogens is 214 g/mol. The summed E-state index contributed by atoms with van der Waals surface area (Å²) in [6.45, 7) is 12.0. The SMILES string of the molecule is CCCN[SiH](O[SiH](C)C)O[SiH](C)C. The average Bonchev–Trinajstić information content (AvgIpc) is 1.98. The first-order valence-electron chi connectivity index (χ1n) is 5.10. The molecular formula is C7H23NO2Si3. The van der Waals surface area contributed by atoms with E-state index in [0.717, 1.165) is 13.0 Å². The van der Waals surface area contributed by atoms with E-state index < -0.39 is 27.5 Å². The fourth-order valence-corrected chi connectivity index (χ4v) is 6.97. The van der Waals surface area contributed by atoms with Gasteiger partial charge >= 0.3 is 9.45 Å². The molecule has 0 rings (SSSR count). The highest BCUT2D eigenvalue weighted by atomic mass is 28.4. The number of rotatable bonds is 7. The third kappa shape index (κ3) is 8.85. The van der Waals surface area contributed by atoms with Crippen LogP contribution in [0.15, 0.2) is 0 Å². The average molecular weight is 238 g/mol. The Bertz CT molecular complexity index is 114. The number of hydrogen-bond donors (Lipinski definition) is 1. The summed E-state index contributed by atoms with van der Waals surface area (Å²) in [5.74, 6) is 0. The van der Waals surface area contributed by atoms with Gasteiger partial charge in [-0.3, -0.25) is 4.98 Å². The van der Waals surface area contributed by atoms with Gasteiger partial charge in [0.25, 0.3) is 0 Å². The van der Waals surface area contributed by atoms with Gasteiger partial charge in [0, 0.05) is 0 Å². The van der Waals surface area contributed by atoms with Crippen LogP contribution < -0.4 is 4.98 Å². The van der Waals surface area contributed by atoms with Crippen molar-refractivity contribution in [1.29, 1.82) is 0 Å². The predicted octanol–water partition coefficient (Wildman–Crippen LogP) is 0.703. The molecule has 13 heavy (non-hydrogen) atoms. The van der Waals surface area contributed by atoms with E-state index in [0.29, 0.717) is 0 Å². The molecule has 0 heterocycles. The Balaban J connectivity index is 3.73. The summed E-state index contributed by atoms with van der Waals surface area (Å²) in [6, 6.07) is 0. The molecule has 0 saturated heterocycles. The van der Waals surface area contributed by atoms with Crippen molar-refractivity contribution in [2.24, 2.45) is 0 Å². The Labute approximate surface area is 87.2 Å². The molecule has 0 radical (unpaired) electrons. The summed E-state index contributed by atoms with van der Waals surface area (Å²) in [6.07, 6.45) is 1.15. The maximum absolute atomic E-state index is 5.84. The van der Waals surface area contributed by atoms with Crippen LogP contribution in [0.25, 0.3) is 0 Å². The Morgan fingerprint density at radius 1 is 1.00 bits per heavy atom. The van der Waals surface area contributed by atoms with Crippen LogP contribution in [0.2, 0.25) is 26.2 Å². The van der Waals surface area contributed by atoms with Crippen molar-refractivity contribution in [3.63, 3.8) is 0 Å². The highest BCUT2D eigenvalue weighted by Gasteiger charge is 2.16. The molecule has 0 amide bonds. The molecule has 0 aromatic carbocycles. The van der Waals surface area contributed by atoms with Gasteiger partial charge in [0.2, 0.25) is 0 Å². The molecule has 0 aromatic heterocycles. The molecule has 0 fully saturated rings. The van der Waals surface area contributed by atoms with Crippen LogP contribution in [0.4, 0.5) is 0 Å². The van der Waals surface area contributed by atoms with Gasteiger partial charge in [-0.15, -0.1) is 0 Å². The van der Waals surface area contributed by atoms with E-state index in [-0.39, 0.29) is 0 Å². The molecule has 0 aliphatic carbocycles. The maximum Gasteiger partial charge on any atom is 0.387 e. The second-order valence-corrected chi connectivity index (χ2v) is 11.1. The molecule has 0 bridgehead atoms. The van der Waals surface area contributed by atoms with Gasteiger partial charge in [0.05, 0.1) is 0 Å². The molecule has 0 saturated carbocycles. The molecule has 0 aliphatic rings. The first kappa shape index (κ1) is 13.5. The molecule has 0 spiro atoms. The van der Waals surface area contributed by atoms with Gasteiger partial charge in [-0.25, -0.2) is 0 Å². The molecule has 0 aromatic rings. The van der Waals surface area contributed by atoms with E-state index >= 15 is 0 Å². The van der Waals surface area contributed by atoms with Crippen LogP contribution in [-0.4, -0.2) is 34.1 Å². The van der Waals surface area contributed by atoms with Gasteiger partial charge in [-0.2, -0.15) is 0 Å². The third-order valence-corrected chi connectivity index (χ3v) is 8.31. The van der Waals surface area contributed by atoms with Crippen molar-refractivity contribution in [3.05, 3.63) is 0 Å². The second-order valence-electron chi connectivity index (χ2n) is 3.66. The monoisotopic (exact) mass is 237 g/mol. The van der Waals surface area contributed by atoms with Crippen molar-refractivity contribution in [2.45, 2.75) is 39.5 Å². The van der Waals surface area contributed by atoms with E-state index in [4.69, 9.17) is 8.23 Å². The van der Waals surface area contributed by atoms with E-state index in [1.165, 1.54) is 0 Å². The smallest absolute Gasteiger partial charge is 0.387 e. The van der Waals surface area contributed by atoms with Crippen molar-refractivity contribution in [2.75, 3.05) is 6.54 Å². The van der Waals surface area contributed by atoms with Gasteiger partial charge in [0.1, 0.15) is 0 Å². The number of nitrogens with one attached hydrogen (secondary N) is 1. The Hall–Kier alpha value is 0.531. The van der Waals surface area contributed by atoms with Gasteiger partial charge in [-0.05, 0) is 39.2 Å². The predicted molar refractivity (Wildman–Crippen MR) is 65.4 cm³/mol. The quantitative estimate of drug-likeness (QED) is 0.662. The van der Waals surface area contributed by atoms with Crippen LogP contribution >= 0.6 is 0 Å². The summed E-state index contributed by atoms with van der Waals surface area (Å²) in [5, 5.41) is 0. The van der Waals surface area contributed by atoms with Crippen molar-refractivity contribution < 1.29 is 8.23 Å². The fourth-order valence-electron chi connectivity index (χ4n) is 0.885. The molecule has 1 N–H and O–H groups in total. The molecule has 80 valence electrons. The normalized spacial score (nSPS) is 12.0. The zero-order chi connectivity index (χ0) is 10.3. The van der Waals surface area contributed by atoms with E-state index in [1.807, 2.05) is 0 Å². The fraction of sp³-hybridized carbons (Fsp3) is 1.00. The van der Waals surface area contributed by atoms with Crippen LogP contribution in [-0.2, 0) is 8.23 Å². The van der Waals surface area contributed by atoms with Crippen molar-refractivity contribution in [1.82, 2.24) is 4.98 Å². The van der Waals surface area contributed by atoms with Crippen LogP contribution in [0.1, 0.15) is 13.3 Å². The maximum atomic E-state index is 5.84. The summed E-state index contributed by atoms with van der Waals surface area (Å²) in [4.78, 5) is 3.40. The molecule has 0 aliphatic heterocycles. The molecule has 0 unspecified atom stereocenters. The van der Waals surface area contributed by atoms with Crippen LogP contribution in [0.5, 0.6) is 0 Å². The van der Waals surface area contributed by atoms with E-state index in [9.17, 15) is 0 Å². The largest absolute Gasteiger partial charge is 0.430 e. The third-order valence-electron chi connectivity index (χ3n) is 1.35. The first-order chi connectivity index (χ1) is 6.06. The van der Waals surface area contributed by atoms with Gasteiger partial charge in [0.15, 0.2) is 18.1 Å². The topological polar surface area (TPSA) is 30.5 Å². The van der Waals surface area contributed by atoms with Gasteiger partial charge < -0.3 is 8.23 Å². The lowest BCUT2D eigenvalue weighted by Gasteiger charge is -2.21. The minimum absolute atomic E-state index is 0.933. The standard InChI is InChI=1S/C7H23NO2Si3/c1-6-7-8-13(9-11(2)3)10-12(4)5/h8,11-13H,6-7H2,1-5H3. The van der Waals surface area contributed by atoms with Crippen molar-refractivity contribution in [3.8, 4) is 0 Å². The lowest BCUT2D eigenvalue weighted by atomic mass is 10.5. The molecule has 0 atom stereocenters. The Morgan fingerprint density at radius 2 is 1.46 bits per heavy atom. The Morgan fingerprint density at radius 3 is 1.77 bits per heavy atom. The Kier molecular flexibility index (Phi) is 8.21. The zero-order valence-electron chi connectivity index (χ0n) is 9.46. The van der Waals surface area contributed by atoms with Crippen molar-refractivity contribution >= 4 is 27.5 Å². The lowest BCUT2D eigenvalue weighted by molar-refractivity contribution is 0.417. The highest BCUT2D eigenvalue weighted by molar-refractivity contribution is 6.66. The molecule has 6 heteroatoms. The van der Waals surface area contributed by atoms with Crippen LogP contribution in [0, 0.1) is 0 Å². The number of hydrogen-bond acceptors (Lipinski definition) is 3. The minimum Gasteiger partial charge on any atom is -0.430 e. The summed E-state index contributed by atoms with van der Waals surface area (Å²) < 4.78 is 11.7. The summed E-state index contributed by atoms with van der Waals surface area (Å²) >= 11 is 0. The minimum atomic E-state index is -1.49. The van der Waals surface area contributed by atoms with E-state index in [1.54, 1.807) is 0 Å².